The Hall–Kier alpha value is -3.02. The number of fused-ring (bicyclic) bond motifs is 1. The Balaban J connectivity index is 1.44. The van der Waals surface area contributed by atoms with Crippen molar-refractivity contribution in [3.05, 3.63) is 53.6 Å². The fourth-order valence-electron chi connectivity index (χ4n) is 3.33. The van der Waals surface area contributed by atoms with Crippen molar-refractivity contribution >= 4 is 17.6 Å². The van der Waals surface area contributed by atoms with Gasteiger partial charge in [0, 0.05) is 11.6 Å². The fourth-order valence-corrected chi connectivity index (χ4v) is 3.33. The summed E-state index contributed by atoms with van der Waals surface area (Å²) in [5, 5.41) is 11.9. The van der Waals surface area contributed by atoms with E-state index >= 15 is 0 Å². The van der Waals surface area contributed by atoms with Gasteiger partial charge in [-0.2, -0.15) is 0 Å². The van der Waals surface area contributed by atoms with E-state index in [1.165, 1.54) is 0 Å². The van der Waals surface area contributed by atoms with Gasteiger partial charge in [0.1, 0.15) is 13.2 Å². The van der Waals surface area contributed by atoms with Crippen molar-refractivity contribution in [1.29, 1.82) is 0 Å². The second-order valence-electron chi connectivity index (χ2n) is 6.57. The summed E-state index contributed by atoms with van der Waals surface area (Å²) in [6.45, 7) is 1.09. The van der Waals surface area contributed by atoms with Crippen LogP contribution in [0.2, 0.25) is 0 Å². The van der Waals surface area contributed by atoms with E-state index in [2.05, 4.69) is 5.32 Å². The normalized spacial score (nSPS) is 20.3. The number of carboxylic acids is 1. The lowest BCUT2D eigenvalue weighted by Crippen LogP contribution is -2.17. The third kappa shape index (κ3) is 3.35. The lowest BCUT2D eigenvalue weighted by molar-refractivity contribution is -0.136. The SMILES string of the molecule is O=C(O)Cc1ccccc1NC(=O)C1CC1c1ccc2c(c1)OCCO2. The van der Waals surface area contributed by atoms with Crippen molar-refractivity contribution in [1.82, 2.24) is 0 Å². The first-order valence-corrected chi connectivity index (χ1v) is 8.62. The minimum absolute atomic E-state index is 0.0808. The van der Waals surface area contributed by atoms with Crippen LogP contribution in [0.15, 0.2) is 42.5 Å². The Morgan fingerprint density at radius 3 is 2.65 bits per heavy atom. The number of carbonyl (C=O) groups is 2. The quantitative estimate of drug-likeness (QED) is 0.863. The first kappa shape index (κ1) is 16.4. The molecule has 2 atom stereocenters. The second-order valence-corrected chi connectivity index (χ2v) is 6.57. The van der Waals surface area contributed by atoms with Crippen LogP contribution in [0.5, 0.6) is 11.5 Å². The smallest absolute Gasteiger partial charge is 0.307 e. The molecule has 2 aromatic carbocycles. The van der Waals surface area contributed by atoms with Gasteiger partial charge in [0.15, 0.2) is 11.5 Å². The molecule has 0 radical (unpaired) electrons. The molecular formula is C20H19NO5. The van der Waals surface area contributed by atoms with Crippen LogP contribution in [0.25, 0.3) is 0 Å². The first-order valence-electron chi connectivity index (χ1n) is 8.62. The number of hydrogen-bond donors (Lipinski definition) is 2. The highest BCUT2D eigenvalue weighted by Crippen LogP contribution is 2.49. The van der Waals surface area contributed by atoms with E-state index < -0.39 is 5.97 Å². The molecule has 6 nitrogen and oxygen atoms in total. The Bertz CT molecular complexity index is 863. The fraction of sp³-hybridized carbons (Fsp3) is 0.300. The average Bonchev–Trinajstić information content (AvgIpc) is 3.43. The van der Waals surface area contributed by atoms with E-state index in [-0.39, 0.29) is 24.2 Å². The highest BCUT2D eigenvalue weighted by molar-refractivity contribution is 5.96. The number of nitrogens with one attached hydrogen (secondary N) is 1. The van der Waals surface area contributed by atoms with Gasteiger partial charge < -0.3 is 19.9 Å². The Morgan fingerprint density at radius 2 is 1.85 bits per heavy atom. The lowest BCUT2D eigenvalue weighted by Gasteiger charge is -2.18. The predicted octanol–water partition coefficient (Wildman–Crippen LogP) is 2.83. The van der Waals surface area contributed by atoms with Crippen LogP contribution in [-0.2, 0) is 16.0 Å². The van der Waals surface area contributed by atoms with Crippen LogP contribution in [-0.4, -0.2) is 30.2 Å². The number of rotatable bonds is 5. The van der Waals surface area contributed by atoms with Crippen LogP contribution in [0.3, 0.4) is 0 Å². The summed E-state index contributed by atoms with van der Waals surface area (Å²) in [4.78, 5) is 23.5. The molecule has 0 saturated heterocycles. The first-order chi connectivity index (χ1) is 12.6. The highest BCUT2D eigenvalue weighted by atomic mass is 16.6. The molecule has 0 aromatic heterocycles. The van der Waals surface area contributed by atoms with Gasteiger partial charge >= 0.3 is 5.97 Å². The maximum absolute atomic E-state index is 12.6. The summed E-state index contributed by atoms with van der Waals surface area (Å²) in [6, 6.07) is 12.8. The summed E-state index contributed by atoms with van der Waals surface area (Å²) in [5.74, 6) is 0.499. The van der Waals surface area contributed by atoms with Crippen LogP contribution in [0.4, 0.5) is 5.69 Å². The molecule has 1 aliphatic heterocycles. The molecule has 2 aromatic rings. The molecular weight excluding hydrogens is 334 g/mol. The molecule has 4 rings (SSSR count). The molecule has 1 aliphatic carbocycles. The van der Waals surface area contributed by atoms with E-state index in [4.69, 9.17) is 14.6 Å². The number of ether oxygens (including phenoxy) is 2. The molecule has 2 aliphatic rings. The van der Waals surface area contributed by atoms with Crippen molar-refractivity contribution in [2.24, 2.45) is 5.92 Å². The molecule has 1 fully saturated rings. The Morgan fingerprint density at radius 1 is 1.08 bits per heavy atom. The van der Waals surface area contributed by atoms with E-state index in [0.29, 0.717) is 24.5 Å². The van der Waals surface area contributed by atoms with Gasteiger partial charge in [-0.1, -0.05) is 24.3 Å². The third-order valence-electron chi connectivity index (χ3n) is 4.74. The van der Waals surface area contributed by atoms with Crippen molar-refractivity contribution in [2.45, 2.75) is 18.8 Å². The Kier molecular flexibility index (Phi) is 4.24. The van der Waals surface area contributed by atoms with E-state index in [1.807, 2.05) is 18.2 Å². The molecule has 26 heavy (non-hydrogen) atoms. The van der Waals surface area contributed by atoms with Gasteiger partial charge in [0.05, 0.1) is 6.42 Å². The van der Waals surface area contributed by atoms with Gasteiger partial charge in [-0.3, -0.25) is 9.59 Å². The van der Waals surface area contributed by atoms with E-state index in [9.17, 15) is 9.59 Å². The average molecular weight is 353 g/mol. The molecule has 2 unspecified atom stereocenters. The second kappa shape index (κ2) is 6.71. The summed E-state index contributed by atoms with van der Waals surface area (Å²) >= 11 is 0. The topological polar surface area (TPSA) is 84.9 Å². The largest absolute Gasteiger partial charge is 0.486 e. The van der Waals surface area contributed by atoms with Crippen molar-refractivity contribution < 1.29 is 24.2 Å². The standard InChI is InChI=1S/C20H19NO5/c22-19(23)10-13-3-1-2-4-16(13)21-20(24)15-11-14(15)12-5-6-17-18(9-12)26-8-7-25-17/h1-6,9,14-15H,7-8,10-11H2,(H,21,24)(H,22,23). The predicted molar refractivity (Wildman–Crippen MR) is 94.7 cm³/mol. The zero-order chi connectivity index (χ0) is 18.1. The van der Waals surface area contributed by atoms with Crippen molar-refractivity contribution in [3.63, 3.8) is 0 Å². The van der Waals surface area contributed by atoms with Gasteiger partial charge in [-0.15, -0.1) is 0 Å². The molecule has 2 N–H and O–H groups in total. The maximum Gasteiger partial charge on any atom is 0.307 e. The molecule has 0 spiro atoms. The molecule has 1 amide bonds. The third-order valence-corrected chi connectivity index (χ3v) is 4.74. The minimum atomic E-state index is -0.924. The van der Waals surface area contributed by atoms with Gasteiger partial charge in [0.2, 0.25) is 5.91 Å². The summed E-state index contributed by atoms with van der Waals surface area (Å²) in [6.07, 6.45) is 0.652. The van der Waals surface area contributed by atoms with E-state index in [0.717, 1.165) is 23.5 Å². The van der Waals surface area contributed by atoms with Crippen LogP contribution in [0, 0.1) is 5.92 Å². The summed E-state index contributed by atoms with van der Waals surface area (Å²) in [5.41, 5.74) is 2.23. The van der Waals surface area contributed by atoms with E-state index in [1.54, 1.807) is 24.3 Å². The summed E-state index contributed by atoms with van der Waals surface area (Å²) < 4.78 is 11.1. The molecule has 1 heterocycles. The van der Waals surface area contributed by atoms with Crippen LogP contribution >= 0.6 is 0 Å². The number of hydrogen-bond acceptors (Lipinski definition) is 4. The number of carboxylic acid groups (broad SMARTS) is 1. The number of anilines is 1. The molecule has 134 valence electrons. The minimum Gasteiger partial charge on any atom is -0.486 e. The lowest BCUT2D eigenvalue weighted by atomic mass is 10.1. The van der Waals surface area contributed by atoms with Crippen molar-refractivity contribution in [2.75, 3.05) is 18.5 Å². The molecule has 0 bridgehead atoms. The van der Waals surface area contributed by atoms with Gasteiger partial charge in [-0.25, -0.2) is 0 Å². The highest BCUT2D eigenvalue weighted by Gasteiger charge is 2.44. The Labute approximate surface area is 150 Å². The number of carbonyl (C=O) groups excluding carboxylic acids is 1. The number of benzene rings is 2. The monoisotopic (exact) mass is 353 g/mol. The van der Waals surface area contributed by atoms with Crippen LogP contribution in [0.1, 0.15) is 23.5 Å². The zero-order valence-corrected chi connectivity index (χ0v) is 14.1. The summed E-state index contributed by atoms with van der Waals surface area (Å²) in [7, 11) is 0. The van der Waals surface area contributed by atoms with Crippen LogP contribution < -0.4 is 14.8 Å². The molecule has 1 saturated carbocycles. The maximum atomic E-state index is 12.6. The van der Waals surface area contributed by atoms with Gasteiger partial charge in [-0.05, 0) is 41.7 Å². The zero-order valence-electron chi connectivity index (χ0n) is 14.1. The van der Waals surface area contributed by atoms with Gasteiger partial charge in [0.25, 0.3) is 0 Å². The molecule has 6 heteroatoms. The number of aliphatic carboxylic acids is 1. The van der Waals surface area contributed by atoms with Crippen molar-refractivity contribution in [3.8, 4) is 11.5 Å². The number of amides is 1. The number of para-hydroxylation sites is 1.